The van der Waals surface area contributed by atoms with Crippen LogP contribution in [-0.2, 0) is 6.54 Å². The Labute approximate surface area is 122 Å². The molecule has 2 aliphatic rings. The first kappa shape index (κ1) is 14.1. The molecule has 0 aromatic heterocycles. The zero-order valence-corrected chi connectivity index (χ0v) is 12.2. The molecular formula is C17H26N2O. The third kappa shape index (κ3) is 3.60. The number of β-amino-alcohol motifs (C(OH)–C–C–N with tert-alkyl or cyclic N) is 1. The molecule has 2 fully saturated rings. The van der Waals surface area contributed by atoms with Crippen LogP contribution >= 0.6 is 0 Å². The SMILES string of the molecule is OC1CCCN(C2CCN(Cc3ccccc3)CC2)C1. The molecule has 1 aromatic carbocycles. The number of nitrogens with zero attached hydrogens (tertiary/aromatic N) is 2. The van der Waals surface area contributed by atoms with Gasteiger partial charge in [-0.1, -0.05) is 30.3 Å². The fourth-order valence-electron chi connectivity index (χ4n) is 3.60. The zero-order valence-electron chi connectivity index (χ0n) is 12.2. The maximum atomic E-state index is 9.80. The minimum absolute atomic E-state index is 0.0916. The Morgan fingerprint density at radius 2 is 1.75 bits per heavy atom. The van der Waals surface area contributed by atoms with Gasteiger partial charge in [0, 0.05) is 19.1 Å². The molecular weight excluding hydrogens is 248 g/mol. The summed E-state index contributed by atoms with van der Waals surface area (Å²) in [5.74, 6) is 0. The van der Waals surface area contributed by atoms with Crippen LogP contribution in [0.4, 0.5) is 0 Å². The zero-order chi connectivity index (χ0) is 13.8. The number of piperidine rings is 2. The molecule has 0 radical (unpaired) electrons. The van der Waals surface area contributed by atoms with Crippen molar-refractivity contribution in [3.63, 3.8) is 0 Å². The Morgan fingerprint density at radius 3 is 2.45 bits per heavy atom. The summed E-state index contributed by atoms with van der Waals surface area (Å²) in [6.45, 7) is 5.53. The Kier molecular flexibility index (Phi) is 4.71. The van der Waals surface area contributed by atoms with Crippen molar-refractivity contribution in [2.24, 2.45) is 0 Å². The van der Waals surface area contributed by atoms with E-state index in [4.69, 9.17) is 0 Å². The number of benzene rings is 1. The van der Waals surface area contributed by atoms with E-state index in [2.05, 4.69) is 40.1 Å². The number of rotatable bonds is 3. The van der Waals surface area contributed by atoms with Gasteiger partial charge in [-0.05, 0) is 50.9 Å². The lowest BCUT2D eigenvalue weighted by molar-refractivity contribution is 0.0243. The van der Waals surface area contributed by atoms with E-state index < -0.39 is 0 Å². The molecule has 110 valence electrons. The highest BCUT2D eigenvalue weighted by molar-refractivity contribution is 5.14. The molecule has 2 aliphatic heterocycles. The molecule has 0 saturated carbocycles. The molecule has 2 saturated heterocycles. The summed E-state index contributed by atoms with van der Waals surface area (Å²) in [5.41, 5.74) is 1.42. The second-order valence-corrected chi connectivity index (χ2v) is 6.28. The predicted octanol–water partition coefficient (Wildman–Crippen LogP) is 2.11. The van der Waals surface area contributed by atoms with Crippen molar-refractivity contribution in [3.8, 4) is 0 Å². The maximum absolute atomic E-state index is 9.80. The Bertz CT molecular complexity index is 401. The van der Waals surface area contributed by atoms with E-state index in [0.717, 1.165) is 25.9 Å². The molecule has 0 aliphatic carbocycles. The Hall–Kier alpha value is -0.900. The fraction of sp³-hybridized carbons (Fsp3) is 0.647. The number of hydrogen-bond donors (Lipinski definition) is 1. The Balaban J connectivity index is 1.47. The van der Waals surface area contributed by atoms with Gasteiger partial charge in [0.1, 0.15) is 0 Å². The van der Waals surface area contributed by atoms with Crippen LogP contribution in [0.5, 0.6) is 0 Å². The molecule has 3 nitrogen and oxygen atoms in total. The first-order chi connectivity index (χ1) is 9.81. The van der Waals surface area contributed by atoms with Crippen molar-refractivity contribution in [1.29, 1.82) is 0 Å². The normalized spacial score (nSPS) is 26.8. The van der Waals surface area contributed by atoms with E-state index in [9.17, 15) is 5.11 Å². The highest BCUT2D eigenvalue weighted by atomic mass is 16.3. The highest BCUT2D eigenvalue weighted by Gasteiger charge is 2.27. The molecule has 3 rings (SSSR count). The summed E-state index contributed by atoms with van der Waals surface area (Å²) in [5, 5.41) is 9.80. The first-order valence-corrected chi connectivity index (χ1v) is 7.99. The van der Waals surface area contributed by atoms with Crippen molar-refractivity contribution in [3.05, 3.63) is 35.9 Å². The van der Waals surface area contributed by atoms with E-state index in [1.54, 1.807) is 0 Å². The van der Waals surface area contributed by atoms with E-state index in [-0.39, 0.29) is 6.10 Å². The standard InChI is InChI=1S/C17H26N2O/c20-17-7-4-10-19(14-17)16-8-11-18(12-9-16)13-15-5-2-1-3-6-15/h1-3,5-6,16-17,20H,4,7-14H2. The number of hydrogen-bond acceptors (Lipinski definition) is 3. The van der Waals surface area contributed by atoms with E-state index in [1.165, 1.54) is 38.0 Å². The van der Waals surface area contributed by atoms with Crippen LogP contribution < -0.4 is 0 Å². The third-order valence-electron chi connectivity index (χ3n) is 4.75. The molecule has 1 atom stereocenters. The van der Waals surface area contributed by atoms with Crippen molar-refractivity contribution >= 4 is 0 Å². The summed E-state index contributed by atoms with van der Waals surface area (Å²) >= 11 is 0. The lowest BCUT2D eigenvalue weighted by atomic mass is 9.98. The van der Waals surface area contributed by atoms with Gasteiger partial charge in [-0.15, -0.1) is 0 Å². The van der Waals surface area contributed by atoms with Crippen molar-refractivity contribution < 1.29 is 5.11 Å². The predicted molar refractivity (Wildman–Crippen MR) is 81.6 cm³/mol. The van der Waals surface area contributed by atoms with Gasteiger partial charge < -0.3 is 5.11 Å². The molecule has 1 unspecified atom stereocenters. The van der Waals surface area contributed by atoms with Gasteiger partial charge in [0.25, 0.3) is 0 Å². The fourth-order valence-corrected chi connectivity index (χ4v) is 3.60. The third-order valence-corrected chi connectivity index (χ3v) is 4.75. The monoisotopic (exact) mass is 274 g/mol. The summed E-state index contributed by atoms with van der Waals surface area (Å²) in [7, 11) is 0. The number of aliphatic hydroxyl groups excluding tert-OH is 1. The summed E-state index contributed by atoms with van der Waals surface area (Å²) in [6, 6.07) is 11.4. The topological polar surface area (TPSA) is 26.7 Å². The lowest BCUT2D eigenvalue weighted by Crippen LogP contribution is -2.49. The van der Waals surface area contributed by atoms with E-state index in [1.807, 2.05) is 0 Å². The van der Waals surface area contributed by atoms with Gasteiger partial charge in [0.15, 0.2) is 0 Å². The number of aliphatic hydroxyl groups is 1. The number of likely N-dealkylation sites (tertiary alicyclic amines) is 2. The van der Waals surface area contributed by atoms with Crippen LogP contribution in [0.3, 0.4) is 0 Å². The van der Waals surface area contributed by atoms with Gasteiger partial charge in [-0.25, -0.2) is 0 Å². The van der Waals surface area contributed by atoms with Crippen molar-refractivity contribution in [2.75, 3.05) is 26.2 Å². The van der Waals surface area contributed by atoms with Crippen molar-refractivity contribution in [1.82, 2.24) is 9.80 Å². The molecule has 2 heterocycles. The minimum atomic E-state index is -0.0916. The van der Waals surface area contributed by atoms with Crippen LogP contribution in [0.2, 0.25) is 0 Å². The van der Waals surface area contributed by atoms with E-state index in [0.29, 0.717) is 6.04 Å². The van der Waals surface area contributed by atoms with Gasteiger partial charge in [0.2, 0.25) is 0 Å². The van der Waals surface area contributed by atoms with Crippen LogP contribution in [0.25, 0.3) is 0 Å². The van der Waals surface area contributed by atoms with Crippen molar-refractivity contribution in [2.45, 2.75) is 44.4 Å². The molecule has 0 bridgehead atoms. The molecule has 0 amide bonds. The average Bonchev–Trinajstić information content (AvgIpc) is 2.49. The van der Waals surface area contributed by atoms with Crippen LogP contribution in [0, 0.1) is 0 Å². The quantitative estimate of drug-likeness (QED) is 0.914. The minimum Gasteiger partial charge on any atom is -0.392 e. The second kappa shape index (κ2) is 6.70. The summed E-state index contributed by atoms with van der Waals surface area (Å²) in [6.07, 6.45) is 4.56. The summed E-state index contributed by atoms with van der Waals surface area (Å²) < 4.78 is 0. The largest absolute Gasteiger partial charge is 0.392 e. The maximum Gasteiger partial charge on any atom is 0.0667 e. The molecule has 1 aromatic rings. The van der Waals surface area contributed by atoms with Gasteiger partial charge >= 0.3 is 0 Å². The summed E-state index contributed by atoms with van der Waals surface area (Å²) in [4.78, 5) is 5.08. The van der Waals surface area contributed by atoms with Crippen LogP contribution in [0.15, 0.2) is 30.3 Å². The molecule has 1 N–H and O–H groups in total. The first-order valence-electron chi connectivity index (χ1n) is 7.99. The van der Waals surface area contributed by atoms with Gasteiger partial charge in [0.05, 0.1) is 6.10 Å². The molecule has 20 heavy (non-hydrogen) atoms. The van der Waals surface area contributed by atoms with E-state index >= 15 is 0 Å². The highest BCUT2D eigenvalue weighted by Crippen LogP contribution is 2.22. The molecule has 0 spiro atoms. The Morgan fingerprint density at radius 1 is 1.00 bits per heavy atom. The lowest BCUT2D eigenvalue weighted by Gasteiger charge is -2.41. The molecule has 3 heteroatoms. The smallest absolute Gasteiger partial charge is 0.0667 e. The average molecular weight is 274 g/mol. The van der Waals surface area contributed by atoms with Gasteiger partial charge in [-0.2, -0.15) is 0 Å². The second-order valence-electron chi connectivity index (χ2n) is 6.28. The van der Waals surface area contributed by atoms with Crippen LogP contribution in [-0.4, -0.2) is 53.2 Å². The van der Waals surface area contributed by atoms with Crippen LogP contribution in [0.1, 0.15) is 31.2 Å². The van der Waals surface area contributed by atoms with Gasteiger partial charge in [-0.3, -0.25) is 9.80 Å².